The first-order chi connectivity index (χ1) is 16.7. The third-order valence-electron chi connectivity index (χ3n) is 5.00. The number of benzene rings is 3. The summed E-state index contributed by atoms with van der Waals surface area (Å²) in [6.07, 6.45) is 1.27. The van der Waals surface area contributed by atoms with Gasteiger partial charge in [-0.05, 0) is 54.1 Å². The van der Waals surface area contributed by atoms with Crippen molar-refractivity contribution in [1.29, 1.82) is 0 Å². The fraction of sp³-hybridized carbons (Fsp3) is 0.0417. The quantitative estimate of drug-likeness (QED) is 0.211. The van der Waals surface area contributed by atoms with Crippen LogP contribution in [0.1, 0.15) is 11.1 Å². The summed E-state index contributed by atoms with van der Waals surface area (Å²) in [5.41, 5.74) is 0.669. The average molecular weight is 512 g/mol. The molecule has 0 radical (unpaired) electrons. The summed E-state index contributed by atoms with van der Waals surface area (Å²) in [5, 5.41) is 13.9. The molecule has 0 aliphatic carbocycles. The maximum Gasteiger partial charge on any atom is 0.335 e. The minimum absolute atomic E-state index is 0.0572. The number of hydrogen-bond donors (Lipinski definition) is 1. The van der Waals surface area contributed by atoms with Gasteiger partial charge in [-0.15, -0.1) is 0 Å². The van der Waals surface area contributed by atoms with Crippen LogP contribution in [0.15, 0.2) is 72.3 Å². The van der Waals surface area contributed by atoms with Crippen LogP contribution in [-0.2, 0) is 16.2 Å². The molecule has 0 saturated carbocycles. The molecule has 0 aromatic heterocycles. The van der Waals surface area contributed by atoms with E-state index in [1.807, 2.05) is 0 Å². The number of hydrogen-bond acceptors (Lipinski definition) is 6. The molecule has 4 rings (SSSR count). The lowest BCUT2D eigenvalue weighted by atomic mass is 10.1. The number of imide groups is 2. The van der Waals surface area contributed by atoms with Crippen LogP contribution < -0.4 is 15.0 Å². The Morgan fingerprint density at radius 2 is 1.60 bits per heavy atom. The lowest BCUT2D eigenvalue weighted by Gasteiger charge is -2.26. The highest BCUT2D eigenvalue weighted by Gasteiger charge is 2.37. The van der Waals surface area contributed by atoms with E-state index in [1.54, 1.807) is 36.4 Å². The second-order valence-electron chi connectivity index (χ2n) is 7.33. The van der Waals surface area contributed by atoms with Gasteiger partial charge >= 0.3 is 6.03 Å². The number of nitrogens with one attached hydrogen (secondary N) is 1. The van der Waals surface area contributed by atoms with E-state index in [9.17, 15) is 24.5 Å². The number of carbonyl (C=O) groups is 3. The Hall–Kier alpha value is -4.21. The highest BCUT2D eigenvalue weighted by molar-refractivity contribution is 6.39. The first-order valence-electron chi connectivity index (χ1n) is 10.1. The predicted octanol–water partition coefficient (Wildman–Crippen LogP) is 5.15. The van der Waals surface area contributed by atoms with Crippen LogP contribution in [0.5, 0.6) is 5.75 Å². The van der Waals surface area contributed by atoms with Crippen molar-refractivity contribution in [3.8, 4) is 5.75 Å². The number of nitrogens with zero attached hydrogens (tertiary/aromatic N) is 2. The van der Waals surface area contributed by atoms with E-state index in [0.29, 0.717) is 21.4 Å². The van der Waals surface area contributed by atoms with Crippen LogP contribution >= 0.6 is 23.2 Å². The molecule has 1 saturated heterocycles. The topological polar surface area (TPSA) is 119 Å². The maximum atomic E-state index is 13.1. The molecule has 3 aromatic carbocycles. The zero-order valence-electron chi connectivity index (χ0n) is 17.7. The van der Waals surface area contributed by atoms with Crippen LogP contribution in [0.3, 0.4) is 0 Å². The van der Waals surface area contributed by atoms with Crippen molar-refractivity contribution in [3.63, 3.8) is 0 Å². The average Bonchev–Trinajstić information content (AvgIpc) is 2.82. The first-order valence-corrected chi connectivity index (χ1v) is 10.8. The molecule has 1 fully saturated rings. The van der Waals surface area contributed by atoms with Gasteiger partial charge in [0.15, 0.2) is 0 Å². The Labute approximate surface area is 208 Å². The summed E-state index contributed by atoms with van der Waals surface area (Å²) >= 11 is 12.0. The number of non-ortho nitro benzene ring substituents is 1. The summed E-state index contributed by atoms with van der Waals surface area (Å²) in [7, 11) is 0. The Kier molecular flexibility index (Phi) is 6.81. The molecule has 0 unspecified atom stereocenters. The molecule has 0 atom stereocenters. The second kappa shape index (κ2) is 9.96. The van der Waals surface area contributed by atoms with E-state index in [4.69, 9.17) is 27.9 Å². The predicted molar refractivity (Wildman–Crippen MR) is 129 cm³/mol. The molecule has 0 bridgehead atoms. The zero-order valence-corrected chi connectivity index (χ0v) is 19.2. The minimum Gasteiger partial charge on any atom is -0.488 e. The number of amides is 4. The molecule has 11 heteroatoms. The van der Waals surface area contributed by atoms with Gasteiger partial charge in [0.2, 0.25) is 0 Å². The summed E-state index contributed by atoms with van der Waals surface area (Å²) in [4.78, 5) is 49.1. The van der Waals surface area contributed by atoms with Crippen LogP contribution in [0.2, 0.25) is 10.0 Å². The van der Waals surface area contributed by atoms with Crippen molar-refractivity contribution >= 4 is 58.5 Å². The van der Waals surface area contributed by atoms with E-state index in [0.717, 1.165) is 22.6 Å². The van der Waals surface area contributed by atoms with Crippen molar-refractivity contribution in [1.82, 2.24) is 5.32 Å². The number of rotatable bonds is 6. The molecule has 176 valence electrons. The molecule has 9 nitrogen and oxygen atoms in total. The van der Waals surface area contributed by atoms with Gasteiger partial charge in [-0.25, -0.2) is 9.69 Å². The molecule has 35 heavy (non-hydrogen) atoms. The standard InChI is InChI=1S/C24H15Cl2N3O6/c25-16-3-1-14(2-4-16)13-35-21-10-5-17(26)11-15(21)12-20-22(30)27-24(32)28(23(20)31)18-6-8-19(9-7-18)29(33)34/h1-12H,13H2,(H,27,30,32)/b20-12+. The van der Waals surface area contributed by atoms with E-state index in [-0.39, 0.29) is 23.6 Å². The first kappa shape index (κ1) is 23.9. The van der Waals surface area contributed by atoms with Gasteiger partial charge in [-0.3, -0.25) is 25.0 Å². The van der Waals surface area contributed by atoms with Crippen LogP contribution in [-0.4, -0.2) is 22.8 Å². The van der Waals surface area contributed by atoms with Gasteiger partial charge in [0.05, 0.1) is 10.6 Å². The summed E-state index contributed by atoms with van der Waals surface area (Å²) in [6.45, 7) is 0.183. The number of halogens is 2. The zero-order chi connectivity index (χ0) is 25.1. The van der Waals surface area contributed by atoms with Crippen LogP contribution in [0.25, 0.3) is 6.08 Å². The highest BCUT2D eigenvalue weighted by atomic mass is 35.5. The SMILES string of the molecule is O=C1NC(=O)N(c2ccc([N+](=O)[O-])cc2)C(=O)/C1=C/c1cc(Cl)ccc1OCc1ccc(Cl)cc1. The third-order valence-corrected chi connectivity index (χ3v) is 5.49. The fourth-order valence-electron chi connectivity index (χ4n) is 3.28. The van der Waals surface area contributed by atoms with Crippen LogP contribution in [0.4, 0.5) is 16.2 Å². The van der Waals surface area contributed by atoms with Crippen molar-refractivity contribution in [2.24, 2.45) is 0 Å². The largest absolute Gasteiger partial charge is 0.488 e. The summed E-state index contributed by atoms with van der Waals surface area (Å²) in [6, 6.07) is 15.5. The number of anilines is 1. The highest BCUT2D eigenvalue weighted by Crippen LogP contribution is 2.29. The number of ether oxygens (including phenoxy) is 1. The van der Waals surface area contributed by atoms with Gasteiger partial charge in [-0.2, -0.15) is 0 Å². The van der Waals surface area contributed by atoms with E-state index < -0.39 is 22.8 Å². The fourth-order valence-corrected chi connectivity index (χ4v) is 3.58. The lowest BCUT2D eigenvalue weighted by Crippen LogP contribution is -2.54. The molecule has 1 aliphatic heterocycles. The number of nitro groups is 1. The van der Waals surface area contributed by atoms with Crippen molar-refractivity contribution < 1.29 is 24.0 Å². The normalized spacial score (nSPS) is 14.7. The third kappa shape index (κ3) is 5.32. The van der Waals surface area contributed by atoms with E-state index in [1.165, 1.54) is 24.3 Å². The molecule has 3 aromatic rings. The lowest BCUT2D eigenvalue weighted by molar-refractivity contribution is -0.384. The molecular formula is C24H15Cl2N3O6. The molecular weight excluding hydrogens is 497 g/mol. The van der Waals surface area contributed by atoms with Gasteiger partial charge in [0.1, 0.15) is 17.9 Å². The molecule has 1 heterocycles. The number of nitro benzene ring substituents is 1. The van der Waals surface area contributed by atoms with Gasteiger partial charge in [-0.1, -0.05) is 35.3 Å². The van der Waals surface area contributed by atoms with Crippen molar-refractivity contribution in [2.75, 3.05) is 4.90 Å². The minimum atomic E-state index is -0.976. The molecule has 0 spiro atoms. The Morgan fingerprint density at radius 3 is 2.26 bits per heavy atom. The Bertz CT molecular complexity index is 1370. The van der Waals surface area contributed by atoms with Gasteiger partial charge in [0.25, 0.3) is 17.5 Å². The molecule has 4 amide bonds. The molecule has 1 N–H and O–H groups in total. The van der Waals surface area contributed by atoms with Crippen molar-refractivity contribution in [2.45, 2.75) is 6.61 Å². The van der Waals surface area contributed by atoms with Gasteiger partial charge < -0.3 is 4.74 Å². The van der Waals surface area contributed by atoms with E-state index >= 15 is 0 Å². The maximum absolute atomic E-state index is 13.1. The summed E-state index contributed by atoms with van der Waals surface area (Å²) in [5.74, 6) is -1.46. The van der Waals surface area contributed by atoms with Crippen molar-refractivity contribution in [3.05, 3.63) is 104 Å². The van der Waals surface area contributed by atoms with Gasteiger partial charge in [0, 0.05) is 27.7 Å². The summed E-state index contributed by atoms with van der Waals surface area (Å²) < 4.78 is 5.86. The number of carbonyl (C=O) groups excluding carboxylic acids is 3. The van der Waals surface area contributed by atoms with Crippen LogP contribution in [0, 0.1) is 10.1 Å². The number of barbiturate groups is 1. The molecule has 1 aliphatic rings. The van der Waals surface area contributed by atoms with E-state index in [2.05, 4.69) is 5.32 Å². The number of urea groups is 1. The Morgan fingerprint density at radius 1 is 0.943 bits per heavy atom. The monoisotopic (exact) mass is 511 g/mol. The second-order valence-corrected chi connectivity index (χ2v) is 8.20. The smallest absolute Gasteiger partial charge is 0.335 e. The Balaban J connectivity index is 1.65.